The summed E-state index contributed by atoms with van der Waals surface area (Å²) in [6.45, 7) is 1.62. The third-order valence-electron chi connectivity index (χ3n) is 5.03. The number of rotatable bonds is 6. The second kappa shape index (κ2) is 8.88. The maximum absolute atomic E-state index is 12.2. The summed E-state index contributed by atoms with van der Waals surface area (Å²) >= 11 is 2.95. The van der Waals surface area contributed by atoms with Crippen LogP contribution < -0.4 is 5.32 Å². The van der Waals surface area contributed by atoms with Crippen LogP contribution in [0, 0.1) is 0 Å². The molecule has 0 saturated carbocycles. The van der Waals surface area contributed by atoms with Crippen molar-refractivity contribution in [1.29, 1.82) is 0 Å². The number of nitrogens with one attached hydrogen (secondary N) is 1. The van der Waals surface area contributed by atoms with Gasteiger partial charge in [-0.15, -0.1) is 22.7 Å². The van der Waals surface area contributed by atoms with Gasteiger partial charge in [-0.25, -0.2) is 9.78 Å². The van der Waals surface area contributed by atoms with E-state index in [1.807, 2.05) is 24.4 Å². The van der Waals surface area contributed by atoms with Crippen LogP contribution in [0.1, 0.15) is 53.0 Å². The Morgan fingerprint density at radius 3 is 2.79 bits per heavy atom. The zero-order valence-corrected chi connectivity index (χ0v) is 17.8. The number of nitrogens with zero attached hydrogens (tertiary/aromatic N) is 1. The Bertz CT molecular complexity index is 1010. The maximum atomic E-state index is 12.2. The fourth-order valence-electron chi connectivity index (χ4n) is 3.48. The Balaban J connectivity index is 1.30. The quantitative estimate of drug-likeness (QED) is 0.576. The number of esters is 1. The average molecular weight is 427 g/mol. The van der Waals surface area contributed by atoms with Gasteiger partial charge in [0.15, 0.2) is 12.3 Å². The molecule has 0 aliphatic heterocycles. The lowest BCUT2D eigenvalue weighted by atomic mass is 9.89. The first-order chi connectivity index (χ1) is 14.1. The van der Waals surface area contributed by atoms with Gasteiger partial charge in [0.25, 0.3) is 5.91 Å². The minimum Gasteiger partial charge on any atom is -0.451 e. The van der Waals surface area contributed by atoms with Gasteiger partial charge in [-0.1, -0.05) is 24.3 Å². The summed E-state index contributed by atoms with van der Waals surface area (Å²) in [6, 6.07) is 10.2. The largest absolute Gasteiger partial charge is 0.451 e. The van der Waals surface area contributed by atoms with E-state index >= 15 is 0 Å². The van der Waals surface area contributed by atoms with E-state index in [2.05, 4.69) is 28.5 Å². The standard InChI is InChI=1S/C22H22N2O3S2/c1-14(16-9-8-15-5-2-3-6-17(15)11-16)23-20(25)12-27-22(26)18-13-29-21(24-18)19-7-4-10-28-19/h4,7-11,13-14H,2-3,5-6,12H2,1H3,(H,23,25). The average Bonchev–Trinajstić information content (AvgIpc) is 3.43. The van der Waals surface area contributed by atoms with E-state index in [9.17, 15) is 9.59 Å². The van der Waals surface area contributed by atoms with E-state index in [1.54, 1.807) is 16.7 Å². The molecule has 1 amide bonds. The van der Waals surface area contributed by atoms with Crippen molar-refractivity contribution in [3.05, 3.63) is 63.5 Å². The number of thiophene rings is 1. The number of carbonyl (C=O) groups excluding carboxylic acids is 2. The Labute approximate surface area is 177 Å². The van der Waals surface area contributed by atoms with Gasteiger partial charge in [-0.2, -0.15) is 0 Å². The molecule has 2 aromatic heterocycles. The molecule has 1 aromatic carbocycles. The fraction of sp³-hybridized carbons (Fsp3) is 0.318. The summed E-state index contributed by atoms with van der Waals surface area (Å²) in [6.07, 6.45) is 4.70. The number of amides is 1. The number of aromatic nitrogens is 1. The predicted octanol–water partition coefficient (Wildman–Crippen LogP) is 4.78. The Hall–Kier alpha value is -2.51. The lowest BCUT2D eigenvalue weighted by Crippen LogP contribution is -2.31. The minimum absolute atomic E-state index is 0.141. The van der Waals surface area contributed by atoms with Crippen LogP contribution in [-0.4, -0.2) is 23.5 Å². The van der Waals surface area contributed by atoms with Gasteiger partial charge in [0.1, 0.15) is 5.01 Å². The van der Waals surface area contributed by atoms with Crippen LogP contribution >= 0.6 is 22.7 Å². The molecule has 2 heterocycles. The molecule has 1 aliphatic carbocycles. The zero-order chi connectivity index (χ0) is 20.2. The summed E-state index contributed by atoms with van der Waals surface area (Å²) in [7, 11) is 0. The summed E-state index contributed by atoms with van der Waals surface area (Å²) < 4.78 is 5.14. The smallest absolute Gasteiger partial charge is 0.358 e. The zero-order valence-electron chi connectivity index (χ0n) is 16.1. The molecule has 1 N–H and O–H groups in total. The highest BCUT2D eigenvalue weighted by molar-refractivity contribution is 7.20. The van der Waals surface area contributed by atoms with Gasteiger partial charge in [0.05, 0.1) is 10.9 Å². The number of thiazole rings is 1. The minimum atomic E-state index is -0.583. The highest BCUT2D eigenvalue weighted by atomic mass is 32.1. The van der Waals surface area contributed by atoms with Crippen molar-refractivity contribution in [2.24, 2.45) is 0 Å². The first-order valence-electron chi connectivity index (χ1n) is 9.68. The summed E-state index contributed by atoms with van der Waals surface area (Å²) in [4.78, 5) is 29.7. The van der Waals surface area contributed by atoms with Gasteiger partial charge < -0.3 is 10.1 Å². The van der Waals surface area contributed by atoms with E-state index < -0.39 is 5.97 Å². The van der Waals surface area contributed by atoms with E-state index in [1.165, 1.54) is 35.3 Å². The second-order valence-electron chi connectivity index (χ2n) is 7.12. The molecule has 0 saturated heterocycles. The van der Waals surface area contributed by atoms with Gasteiger partial charge >= 0.3 is 5.97 Å². The van der Waals surface area contributed by atoms with Crippen LogP contribution in [-0.2, 0) is 22.4 Å². The topological polar surface area (TPSA) is 68.3 Å². The van der Waals surface area contributed by atoms with Crippen molar-refractivity contribution in [3.8, 4) is 9.88 Å². The molecular weight excluding hydrogens is 404 g/mol. The number of aryl methyl sites for hydroxylation is 2. The van der Waals surface area contributed by atoms with Crippen LogP contribution in [0.2, 0.25) is 0 Å². The number of hydrogen-bond donors (Lipinski definition) is 1. The molecule has 150 valence electrons. The highest BCUT2D eigenvalue weighted by Gasteiger charge is 2.17. The molecule has 0 bridgehead atoms. The molecule has 4 rings (SSSR count). The molecule has 5 nitrogen and oxygen atoms in total. The van der Waals surface area contributed by atoms with E-state index in [0.29, 0.717) is 0 Å². The fourth-order valence-corrected chi connectivity index (χ4v) is 5.08. The van der Waals surface area contributed by atoms with E-state index in [0.717, 1.165) is 28.3 Å². The SMILES string of the molecule is CC(NC(=O)COC(=O)c1csc(-c2cccs2)n1)c1ccc2c(c1)CCCC2. The van der Waals surface area contributed by atoms with E-state index in [4.69, 9.17) is 4.74 Å². The maximum Gasteiger partial charge on any atom is 0.358 e. The second-order valence-corrected chi connectivity index (χ2v) is 8.92. The van der Waals surface area contributed by atoms with Crippen LogP contribution in [0.4, 0.5) is 0 Å². The lowest BCUT2D eigenvalue weighted by Gasteiger charge is -2.20. The number of fused-ring (bicyclic) bond motifs is 1. The molecule has 1 atom stereocenters. The van der Waals surface area contributed by atoms with Crippen molar-refractivity contribution in [3.63, 3.8) is 0 Å². The van der Waals surface area contributed by atoms with Crippen LogP contribution in [0.5, 0.6) is 0 Å². The Morgan fingerprint density at radius 2 is 2.00 bits per heavy atom. The number of carbonyl (C=O) groups is 2. The molecule has 0 spiro atoms. The van der Waals surface area contributed by atoms with Crippen molar-refractivity contribution in [2.45, 2.75) is 38.6 Å². The first-order valence-corrected chi connectivity index (χ1v) is 11.4. The van der Waals surface area contributed by atoms with Crippen molar-refractivity contribution >= 4 is 34.6 Å². The van der Waals surface area contributed by atoms with Gasteiger partial charge in [0, 0.05) is 5.38 Å². The number of hydrogen-bond acceptors (Lipinski definition) is 6. The van der Waals surface area contributed by atoms with Crippen molar-refractivity contribution < 1.29 is 14.3 Å². The Kier molecular flexibility index (Phi) is 6.06. The summed E-state index contributed by atoms with van der Waals surface area (Å²) in [5, 5.41) is 7.30. The molecule has 7 heteroatoms. The van der Waals surface area contributed by atoms with Gasteiger partial charge in [-0.05, 0) is 60.7 Å². The van der Waals surface area contributed by atoms with E-state index in [-0.39, 0.29) is 24.2 Å². The predicted molar refractivity (Wildman–Crippen MR) is 115 cm³/mol. The molecule has 0 fully saturated rings. The van der Waals surface area contributed by atoms with Gasteiger partial charge in [0.2, 0.25) is 0 Å². The first kappa shape index (κ1) is 19.8. The number of ether oxygens (including phenoxy) is 1. The monoisotopic (exact) mass is 426 g/mol. The normalized spacial score (nSPS) is 14.1. The molecule has 29 heavy (non-hydrogen) atoms. The van der Waals surface area contributed by atoms with Crippen molar-refractivity contribution in [2.75, 3.05) is 6.61 Å². The summed E-state index contributed by atoms with van der Waals surface area (Å²) in [5.74, 6) is -0.905. The molecule has 1 aliphatic rings. The van der Waals surface area contributed by atoms with Crippen LogP contribution in [0.15, 0.2) is 41.1 Å². The Morgan fingerprint density at radius 1 is 1.17 bits per heavy atom. The lowest BCUT2D eigenvalue weighted by molar-refractivity contribution is -0.124. The summed E-state index contributed by atoms with van der Waals surface area (Å²) in [5.41, 5.74) is 4.10. The van der Waals surface area contributed by atoms with Crippen LogP contribution in [0.3, 0.4) is 0 Å². The van der Waals surface area contributed by atoms with Crippen molar-refractivity contribution in [1.82, 2.24) is 10.3 Å². The number of benzene rings is 1. The van der Waals surface area contributed by atoms with Crippen LogP contribution in [0.25, 0.3) is 9.88 Å². The molecule has 0 radical (unpaired) electrons. The third kappa shape index (κ3) is 4.74. The third-order valence-corrected chi connectivity index (χ3v) is 6.91. The highest BCUT2D eigenvalue weighted by Crippen LogP contribution is 2.28. The molecule has 3 aromatic rings. The molecule has 1 unspecified atom stereocenters. The molecular formula is C22H22N2O3S2. The van der Waals surface area contributed by atoms with Gasteiger partial charge in [-0.3, -0.25) is 4.79 Å².